The number of anilines is 1. The van der Waals surface area contributed by atoms with Crippen molar-refractivity contribution < 1.29 is 32.2 Å². The molecule has 11 heteroatoms. The molecule has 3 rings (SSSR count). The van der Waals surface area contributed by atoms with E-state index in [2.05, 4.69) is 10.6 Å². The summed E-state index contributed by atoms with van der Waals surface area (Å²) in [7, 11) is 0. The third-order valence-electron chi connectivity index (χ3n) is 5.44. The van der Waals surface area contributed by atoms with E-state index in [0.717, 1.165) is 18.9 Å². The van der Waals surface area contributed by atoms with Crippen LogP contribution in [0.5, 0.6) is 5.75 Å². The van der Waals surface area contributed by atoms with E-state index in [4.69, 9.17) is 20.6 Å². The van der Waals surface area contributed by atoms with E-state index in [-0.39, 0.29) is 29.9 Å². The number of rotatable bonds is 9. The minimum Gasteiger partial charge on any atom is -0.490 e. The number of carbonyl (C=O) groups is 2. The molecule has 0 bridgehead atoms. The van der Waals surface area contributed by atoms with Crippen molar-refractivity contribution in [1.82, 2.24) is 5.32 Å². The molecular weight excluding hydrogens is 465 g/mol. The highest BCUT2D eigenvalue weighted by atomic mass is 19.4. The standard InChI is InChI=1S/C24H27F3N4O4/c1-14(30-21(32)12-22(33)31-17-7-4-15(5-8-17)23(28)29)16-6-9-20(19(11-16)24(25,26)27)35-13-18-3-2-10-34-18/h4-9,11,14,18H,2-3,10,12-13H2,1H3,(H3,28,29)(H,30,32)(H,31,33). The van der Waals surface area contributed by atoms with Crippen LogP contribution in [-0.2, 0) is 20.5 Å². The van der Waals surface area contributed by atoms with Crippen molar-refractivity contribution in [2.75, 3.05) is 18.5 Å². The molecule has 0 aliphatic carbocycles. The number of nitrogen functional groups attached to an aromatic ring is 1. The smallest absolute Gasteiger partial charge is 0.419 e. The summed E-state index contributed by atoms with van der Waals surface area (Å²) in [5.74, 6) is -1.67. The van der Waals surface area contributed by atoms with E-state index >= 15 is 0 Å². The molecule has 0 saturated carbocycles. The summed E-state index contributed by atoms with van der Waals surface area (Å²) >= 11 is 0. The van der Waals surface area contributed by atoms with Gasteiger partial charge in [-0.15, -0.1) is 0 Å². The van der Waals surface area contributed by atoms with Gasteiger partial charge in [0.05, 0.1) is 17.7 Å². The van der Waals surface area contributed by atoms with Crippen molar-refractivity contribution in [2.45, 2.75) is 44.5 Å². The van der Waals surface area contributed by atoms with Crippen LogP contribution < -0.4 is 21.1 Å². The molecular formula is C24H27F3N4O4. The number of halogens is 3. The molecule has 8 nitrogen and oxygen atoms in total. The quantitative estimate of drug-likeness (QED) is 0.241. The van der Waals surface area contributed by atoms with Gasteiger partial charge in [-0.3, -0.25) is 15.0 Å². The summed E-state index contributed by atoms with van der Waals surface area (Å²) in [6.07, 6.45) is -3.82. The zero-order chi connectivity index (χ0) is 25.6. The predicted molar refractivity (Wildman–Crippen MR) is 123 cm³/mol. The molecule has 0 aromatic heterocycles. The molecule has 1 aliphatic rings. The largest absolute Gasteiger partial charge is 0.490 e. The number of hydrogen-bond donors (Lipinski definition) is 4. The van der Waals surface area contributed by atoms with Crippen LogP contribution in [0.25, 0.3) is 0 Å². The molecule has 0 radical (unpaired) electrons. The lowest BCUT2D eigenvalue weighted by Crippen LogP contribution is -2.30. The number of hydrogen-bond acceptors (Lipinski definition) is 5. The Bertz CT molecular complexity index is 1070. The average molecular weight is 492 g/mol. The third kappa shape index (κ3) is 7.44. The number of nitrogens with one attached hydrogen (secondary N) is 3. The van der Waals surface area contributed by atoms with Gasteiger partial charge in [-0.1, -0.05) is 6.07 Å². The van der Waals surface area contributed by atoms with Crippen LogP contribution in [0.3, 0.4) is 0 Å². The Morgan fingerprint density at radius 1 is 1.20 bits per heavy atom. The molecule has 2 unspecified atom stereocenters. The van der Waals surface area contributed by atoms with Gasteiger partial charge >= 0.3 is 6.18 Å². The van der Waals surface area contributed by atoms with E-state index in [0.29, 0.717) is 17.9 Å². The Morgan fingerprint density at radius 3 is 2.51 bits per heavy atom. The number of ether oxygens (including phenoxy) is 2. The monoisotopic (exact) mass is 492 g/mol. The van der Waals surface area contributed by atoms with Crippen LogP contribution in [0.15, 0.2) is 42.5 Å². The topological polar surface area (TPSA) is 127 Å². The van der Waals surface area contributed by atoms with Crippen molar-refractivity contribution in [3.63, 3.8) is 0 Å². The number of amides is 2. The first kappa shape index (κ1) is 26.0. The third-order valence-corrected chi connectivity index (χ3v) is 5.44. The zero-order valence-corrected chi connectivity index (χ0v) is 19.1. The van der Waals surface area contributed by atoms with Crippen LogP contribution in [-0.4, -0.2) is 37.0 Å². The van der Waals surface area contributed by atoms with Gasteiger partial charge in [-0.2, -0.15) is 13.2 Å². The molecule has 0 spiro atoms. The second-order valence-corrected chi connectivity index (χ2v) is 8.20. The summed E-state index contributed by atoms with van der Waals surface area (Å²) in [5.41, 5.74) is 5.54. The lowest BCUT2D eigenvalue weighted by Gasteiger charge is -2.20. The van der Waals surface area contributed by atoms with Gasteiger partial charge < -0.3 is 25.8 Å². The summed E-state index contributed by atoms with van der Waals surface area (Å²) in [6.45, 7) is 2.13. The van der Waals surface area contributed by atoms with Crippen LogP contribution in [0.4, 0.5) is 18.9 Å². The summed E-state index contributed by atoms with van der Waals surface area (Å²) in [4.78, 5) is 24.4. The Balaban J connectivity index is 1.59. The Kier molecular flexibility index (Phi) is 8.34. The number of alkyl halides is 3. The van der Waals surface area contributed by atoms with Gasteiger partial charge in [-0.05, 0) is 61.7 Å². The molecule has 1 saturated heterocycles. The molecule has 2 aromatic rings. The highest BCUT2D eigenvalue weighted by Crippen LogP contribution is 2.38. The second-order valence-electron chi connectivity index (χ2n) is 8.20. The van der Waals surface area contributed by atoms with Gasteiger partial charge in [0.15, 0.2) is 0 Å². The zero-order valence-electron chi connectivity index (χ0n) is 19.1. The fourth-order valence-electron chi connectivity index (χ4n) is 3.58. The van der Waals surface area contributed by atoms with Crippen molar-refractivity contribution >= 4 is 23.3 Å². The van der Waals surface area contributed by atoms with E-state index in [9.17, 15) is 22.8 Å². The first-order valence-electron chi connectivity index (χ1n) is 11.0. The normalized spacial score (nSPS) is 16.4. The number of benzene rings is 2. The minimum atomic E-state index is -4.65. The lowest BCUT2D eigenvalue weighted by molar-refractivity contribution is -0.139. The van der Waals surface area contributed by atoms with Crippen LogP contribution >= 0.6 is 0 Å². The highest BCUT2D eigenvalue weighted by molar-refractivity contribution is 6.04. The van der Waals surface area contributed by atoms with Crippen LogP contribution in [0.2, 0.25) is 0 Å². The van der Waals surface area contributed by atoms with Crippen molar-refractivity contribution in [2.24, 2.45) is 5.73 Å². The maximum absolute atomic E-state index is 13.6. The summed E-state index contributed by atoms with van der Waals surface area (Å²) in [5, 5.41) is 12.4. The van der Waals surface area contributed by atoms with E-state index in [1.165, 1.54) is 31.2 Å². The van der Waals surface area contributed by atoms with E-state index < -0.39 is 36.0 Å². The molecule has 2 aromatic carbocycles. The summed E-state index contributed by atoms with van der Waals surface area (Å²) in [6, 6.07) is 9.01. The fraction of sp³-hybridized carbons (Fsp3) is 0.375. The SMILES string of the molecule is CC(NC(=O)CC(=O)Nc1ccc(C(=N)N)cc1)c1ccc(OCC2CCCO2)c(C(F)(F)F)c1. The maximum atomic E-state index is 13.6. The Hall–Kier alpha value is -3.60. The van der Waals surface area contributed by atoms with Crippen LogP contribution in [0, 0.1) is 5.41 Å². The van der Waals surface area contributed by atoms with Crippen molar-refractivity contribution in [1.29, 1.82) is 5.41 Å². The lowest BCUT2D eigenvalue weighted by atomic mass is 10.0. The number of carbonyl (C=O) groups excluding carboxylic acids is 2. The first-order chi connectivity index (χ1) is 16.5. The molecule has 2 atom stereocenters. The maximum Gasteiger partial charge on any atom is 0.419 e. The summed E-state index contributed by atoms with van der Waals surface area (Å²) < 4.78 is 51.7. The molecule has 1 aliphatic heterocycles. The predicted octanol–water partition coefficient (Wildman–Crippen LogP) is 3.75. The van der Waals surface area contributed by atoms with E-state index in [1.54, 1.807) is 12.1 Å². The molecule has 5 N–H and O–H groups in total. The number of amidine groups is 1. The number of nitrogens with two attached hydrogens (primary N) is 1. The van der Waals surface area contributed by atoms with Gasteiger partial charge in [0.2, 0.25) is 11.8 Å². The Morgan fingerprint density at radius 2 is 1.91 bits per heavy atom. The second kappa shape index (κ2) is 11.2. The van der Waals surface area contributed by atoms with Crippen LogP contribution in [0.1, 0.15) is 48.9 Å². The molecule has 2 amide bonds. The molecule has 188 valence electrons. The Labute approximate surface area is 200 Å². The van der Waals surface area contributed by atoms with Gasteiger partial charge in [0, 0.05) is 17.9 Å². The van der Waals surface area contributed by atoms with Crippen molar-refractivity contribution in [3.8, 4) is 5.75 Å². The minimum absolute atomic E-state index is 0.0291. The van der Waals surface area contributed by atoms with Gasteiger partial charge in [-0.25, -0.2) is 0 Å². The molecule has 1 fully saturated rings. The molecule has 1 heterocycles. The van der Waals surface area contributed by atoms with Gasteiger partial charge in [0.25, 0.3) is 0 Å². The fourth-order valence-corrected chi connectivity index (χ4v) is 3.58. The highest BCUT2D eigenvalue weighted by Gasteiger charge is 2.35. The molecule has 35 heavy (non-hydrogen) atoms. The van der Waals surface area contributed by atoms with E-state index in [1.807, 2.05) is 0 Å². The average Bonchev–Trinajstić information content (AvgIpc) is 3.30. The first-order valence-corrected chi connectivity index (χ1v) is 11.0. The van der Waals surface area contributed by atoms with Gasteiger partial charge in [0.1, 0.15) is 24.6 Å². The van der Waals surface area contributed by atoms with Crippen molar-refractivity contribution in [3.05, 3.63) is 59.2 Å².